The molecule has 2 bridgehead atoms. The van der Waals surface area contributed by atoms with Gasteiger partial charge in [-0.2, -0.15) is 0 Å². The standard InChI is InChI=1S/C27H29N3O4/c1-17(8-9-19-6-4-3-5-7-19)28-25(32)23-22-14-15-27(34-22)16-30(26(33)24(23)27)21-12-10-20(11-13-21)29-18(2)31/h3-7,10-15,17,22-24H,8-9,16H2,1-2H3,(H,28,32)(H,29,31)/t17-,22-,23+,24+,27-/m0/s1. The summed E-state index contributed by atoms with van der Waals surface area (Å²) >= 11 is 0. The number of carbonyl (C=O) groups is 3. The second-order valence-corrected chi connectivity index (χ2v) is 9.49. The topological polar surface area (TPSA) is 87.7 Å². The van der Waals surface area contributed by atoms with Gasteiger partial charge in [0.25, 0.3) is 0 Å². The van der Waals surface area contributed by atoms with Gasteiger partial charge >= 0.3 is 0 Å². The van der Waals surface area contributed by atoms with E-state index in [1.54, 1.807) is 29.2 Å². The lowest BCUT2D eigenvalue weighted by Gasteiger charge is -2.25. The lowest BCUT2D eigenvalue weighted by molar-refractivity contribution is -0.132. The van der Waals surface area contributed by atoms with Crippen LogP contribution in [0.15, 0.2) is 66.7 Å². The zero-order valence-corrected chi connectivity index (χ0v) is 19.4. The van der Waals surface area contributed by atoms with Gasteiger partial charge in [0.2, 0.25) is 17.7 Å². The maximum absolute atomic E-state index is 13.5. The Morgan fingerprint density at radius 1 is 1.15 bits per heavy atom. The Balaban J connectivity index is 1.27. The van der Waals surface area contributed by atoms with E-state index in [-0.39, 0.29) is 29.9 Å². The van der Waals surface area contributed by atoms with Crippen LogP contribution in [0.4, 0.5) is 11.4 Å². The molecular formula is C27H29N3O4. The third kappa shape index (κ3) is 4.01. The summed E-state index contributed by atoms with van der Waals surface area (Å²) in [6.07, 6.45) is 5.20. The van der Waals surface area contributed by atoms with Crippen molar-refractivity contribution in [3.05, 3.63) is 72.3 Å². The molecule has 3 amide bonds. The van der Waals surface area contributed by atoms with Gasteiger partial charge in [0, 0.05) is 24.3 Å². The number of amides is 3. The average molecular weight is 460 g/mol. The lowest BCUT2D eigenvalue weighted by Crippen LogP contribution is -2.46. The molecule has 7 heteroatoms. The highest BCUT2D eigenvalue weighted by Crippen LogP contribution is 2.52. The molecule has 0 aromatic heterocycles. The van der Waals surface area contributed by atoms with Gasteiger partial charge in [0.1, 0.15) is 5.60 Å². The quantitative estimate of drug-likeness (QED) is 0.623. The summed E-state index contributed by atoms with van der Waals surface area (Å²) in [4.78, 5) is 39.8. The fourth-order valence-electron chi connectivity index (χ4n) is 5.38. The Hall–Kier alpha value is -3.45. The van der Waals surface area contributed by atoms with Gasteiger partial charge < -0.3 is 20.3 Å². The van der Waals surface area contributed by atoms with Crippen LogP contribution in [-0.4, -0.2) is 42.0 Å². The van der Waals surface area contributed by atoms with Crippen LogP contribution in [-0.2, 0) is 25.5 Å². The lowest BCUT2D eigenvalue weighted by atomic mass is 9.76. The summed E-state index contributed by atoms with van der Waals surface area (Å²) in [5.74, 6) is -1.46. The molecule has 2 saturated heterocycles. The van der Waals surface area contributed by atoms with Gasteiger partial charge in [-0.25, -0.2) is 0 Å². The Kier molecular flexibility index (Phi) is 5.73. The molecule has 5 rings (SSSR count). The third-order valence-electron chi connectivity index (χ3n) is 7.00. The molecule has 0 saturated carbocycles. The number of hydrogen-bond acceptors (Lipinski definition) is 4. The Morgan fingerprint density at radius 2 is 1.88 bits per heavy atom. The molecule has 2 aromatic carbocycles. The SMILES string of the molecule is CC(=O)Nc1ccc(N2C[C@]34C=C[C@H](O3)[C@@H](C(=O)N[C@@H](C)CCc3ccccc3)[C@@H]4C2=O)cc1. The van der Waals surface area contributed by atoms with Crippen molar-refractivity contribution in [1.82, 2.24) is 5.32 Å². The van der Waals surface area contributed by atoms with Crippen molar-refractivity contribution in [3.63, 3.8) is 0 Å². The predicted octanol–water partition coefficient (Wildman–Crippen LogP) is 3.07. The van der Waals surface area contributed by atoms with Gasteiger partial charge in [-0.1, -0.05) is 42.5 Å². The maximum Gasteiger partial charge on any atom is 0.234 e. The summed E-state index contributed by atoms with van der Waals surface area (Å²) in [5.41, 5.74) is 1.85. The third-order valence-corrected chi connectivity index (χ3v) is 7.00. The number of hydrogen-bond donors (Lipinski definition) is 2. The van der Waals surface area contributed by atoms with Crippen LogP contribution in [0, 0.1) is 11.8 Å². The summed E-state index contributed by atoms with van der Waals surface area (Å²) < 4.78 is 6.24. The monoisotopic (exact) mass is 459 g/mol. The Labute approximate surface area is 199 Å². The van der Waals surface area contributed by atoms with Gasteiger partial charge in [0.05, 0.1) is 24.5 Å². The van der Waals surface area contributed by atoms with E-state index in [9.17, 15) is 14.4 Å². The highest BCUT2D eigenvalue weighted by Gasteiger charge is 2.67. The van der Waals surface area contributed by atoms with E-state index in [0.717, 1.165) is 18.5 Å². The van der Waals surface area contributed by atoms with Crippen LogP contribution in [0.2, 0.25) is 0 Å². The van der Waals surface area contributed by atoms with Crippen molar-refractivity contribution in [2.45, 2.75) is 44.4 Å². The largest absolute Gasteiger partial charge is 0.360 e. The van der Waals surface area contributed by atoms with E-state index >= 15 is 0 Å². The second kappa shape index (κ2) is 8.72. The van der Waals surface area contributed by atoms with E-state index < -0.39 is 17.4 Å². The summed E-state index contributed by atoms with van der Waals surface area (Å²) in [6.45, 7) is 3.82. The molecule has 34 heavy (non-hydrogen) atoms. The van der Waals surface area contributed by atoms with Crippen molar-refractivity contribution in [2.24, 2.45) is 11.8 Å². The minimum atomic E-state index is -0.770. The molecule has 3 aliphatic rings. The molecular weight excluding hydrogens is 430 g/mol. The minimum absolute atomic E-state index is 0.0132. The molecule has 2 fully saturated rings. The first-order valence-corrected chi connectivity index (χ1v) is 11.8. The van der Waals surface area contributed by atoms with Crippen molar-refractivity contribution in [2.75, 3.05) is 16.8 Å². The Bertz CT molecular complexity index is 1130. The van der Waals surface area contributed by atoms with Crippen LogP contribution in [0.5, 0.6) is 0 Å². The van der Waals surface area contributed by atoms with Gasteiger partial charge in [-0.15, -0.1) is 0 Å². The van der Waals surface area contributed by atoms with E-state index in [0.29, 0.717) is 12.2 Å². The molecule has 0 aliphatic carbocycles. The Morgan fingerprint density at radius 3 is 2.59 bits per heavy atom. The second-order valence-electron chi connectivity index (χ2n) is 9.49. The van der Waals surface area contributed by atoms with Crippen LogP contribution in [0.3, 0.4) is 0 Å². The van der Waals surface area contributed by atoms with Crippen LogP contribution in [0.25, 0.3) is 0 Å². The zero-order chi connectivity index (χ0) is 23.9. The number of fused-ring (bicyclic) bond motifs is 1. The smallest absolute Gasteiger partial charge is 0.234 e. The van der Waals surface area contributed by atoms with Crippen LogP contribution >= 0.6 is 0 Å². The molecule has 2 N–H and O–H groups in total. The molecule has 0 radical (unpaired) electrons. The van der Waals surface area contributed by atoms with E-state index in [2.05, 4.69) is 22.8 Å². The number of ether oxygens (including phenoxy) is 1. The van der Waals surface area contributed by atoms with E-state index in [1.165, 1.54) is 12.5 Å². The molecule has 0 unspecified atom stereocenters. The van der Waals surface area contributed by atoms with E-state index in [4.69, 9.17) is 4.74 Å². The number of nitrogens with one attached hydrogen (secondary N) is 2. The predicted molar refractivity (Wildman–Crippen MR) is 129 cm³/mol. The highest BCUT2D eigenvalue weighted by molar-refractivity contribution is 6.03. The fourth-order valence-corrected chi connectivity index (χ4v) is 5.38. The molecule has 1 spiro atoms. The minimum Gasteiger partial charge on any atom is -0.360 e. The van der Waals surface area contributed by atoms with E-state index in [1.807, 2.05) is 37.3 Å². The average Bonchev–Trinajstić information content (AvgIpc) is 3.47. The number of aryl methyl sites for hydroxylation is 1. The zero-order valence-electron chi connectivity index (χ0n) is 19.4. The van der Waals surface area contributed by atoms with Gasteiger partial charge in [-0.05, 0) is 49.6 Å². The molecule has 2 aromatic rings. The number of carbonyl (C=O) groups excluding carboxylic acids is 3. The number of anilines is 2. The summed E-state index contributed by atoms with van der Waals surface area (Å²) in [5, 5.41) is 5.85. The van der Waals surface area contributed by atoms with Crippen LogP contribution in [0.1, 0.15) is 25.8 Å². The molecule has 5 atom stereocenters. The molecule has 3 heterocycles. The number of nitrogens with zero attached hydrogens (tertiary/aromatic N) is 1. The molecule has 3 aliphatic heterocycles. The van der Waals surface area contributed by atoms with Crippen molar-refractivity contribution >= 4 is 29.1 Å². The summed E-state index contributed by atoms with van der Waals surface area (Å²) in [6, 6.07) is 17.3. The fraction of sp³-hybridized carbons (Fsp3) is 0.370. The first kappa shape index (κ1) is 22.3. The number of benzene rings is 2. The first-order chi connectivity index (χ1) is 16.4. The van der Waals surface area contributed by atoms with Crippen LogP contribution < -0.4 is 15.5 Å². The van der Waals surface area contributed by atoms with Crippen molar-refractivity contribution < 1.29 is 19.1 Å². The van der Waals surface area contributed by atoms with Gasteiger partial charge in [0.15, 0.2) is 0 Å². The molecule has 7 nitrogen and oxygen atoms in total. The highest BCUT2D eigenvalue weighted by atomic mass is 16.5. The summed E-state index contributed by atoms with van der Waals surface area (Å²) in [7, 11) is 0. The van der Waals surface area contributed by atoms with Crippen molar-refractivity contribution in [1.29, 1.82) is 0 Å². The molecule has 176 valence electrons. The number of rotatable bonds is 7. The first-order valence-electron chi connectivity index (χ1n) is 11.8. The van der Waals surface area contributed by atoms with Crippen molar-refractivity contribution in [3.8, 4) is 0 Å². The normalized spacial score (nSPS) is 27.5. The maximum atomic E-state index is 13.5. The van der Waals surface area contributed by atoms with Gasteiger partial charge in [-0.3, -0.25) is 14.4 Å².